The smallest absolute Gasteiger partial charge is 0.166 e. The van der Waals surface area contributed by atoms with Crippen LogP contribution in [-0.2, 0) is 45.9 Å². The molecule has 0 unspecified atom stereocenters. The summed E-state index contributed by atoms with van der Waals surface area (Å²) in [7, 11) is 0. The Balaban J connectivity index is 0.00000261. The molecule has 0 aliphatic rings. The average molecular weight is 455 g/mol. The Bertz CT molecular complexity index is 883. The van der Waals surface area contributed by atoms with E-state index in [1.807, 2.05) is 67.6 Å². The maximum atomic E-state index is 11.6. The summed E-state index contributed by atoms with van der Waals surface area (Å²) in [5.74, 6) is 0.945. The van der Waals surface area contributed by atoms with Gasteiger partial charge in [-0.05, 0) is 11.1 Å². The summed E-state index contributed by atoms with van der Waals surface area (Å²) >= 11 is 5.62. The van der Waals surface area contributed by atoms with Crippen LogP contribution in [0.2, 0.25) is 0 Å². The van der Waals surface area contributed by atoms with Crippen molar-refractivity contribution in [2.75, 3.05) is 0 Å². The molecule has 0 atom stereocenters. The van der Waals surface area contributed by atoms with Crippen molar-refractivity contribution in [1.29, 1.82) is 0 Å². The number of aryl methyl sites for hydroxylation is 1. The molecule has 0 saturated heterocycles. The number of carbonyl (C=O) groups is 1. The monoisotopic (exact) mass is 454 g/mol. The molecule has 0 aliphatic carbocycles. The van der Waals surface area contributed by atoms with Gasteiger partial charge in [0.25, 0.3) is 0 Å². The molecule has 0 N–H and O–H groups in total. The Labute approximate surface area is 189 Å². The van der Waals surface area contributed by atoms with E-state index in [2.05, 4.69) is 6.07 Å². The van der Waals surface area contributed by atoms with Crippen LogP contribution in [0.15, 0.2) is 66.7 Å². The first-order chi connectivity index (χ1) is 12.6. The quantitative estimate of drug-likeness (QED) is 0.357. The molecule has 0 aliphatic heterocycles. The third kappa shape index (κ3) is 6.17. The minimum Gasteiger partial charge on any atom is -0.528 e. The predicted octanol–water partition coefficient (Wildman–Crippen LogP) is 5.33. The average Bonchev–Trinajstić information content (AvgIpc) is 2.66. The third-order valence-electron chi connectivity index (χ3n) is 3.84. The van der Waals surface area contributed by atoms with E-state index in [0.29, 0.717) is 24.7 Å². The van der Waals surface area contributed by atoms with Crippen molar-refractivity contribution < 1.29 is 47.0 Å². The number of halogens is 1. The molecule has 0 heterocycles. The summed E-state index contributed by atoms with van der Waals surface area (Å²) in [4.78, 5) is 11.6. The van der Waals surface area contributed by atoms with Gasteiger partial charge in [-0.15, -0.1) is 17.7 Å². The molecule has 1 radical (unpaired) electrons. The minimum absolute atomic E-state index is 0. The Morgan fingerprint density at radius 2 is 1.44 bits per heavy atom. The first-order valence-electron chi connectivity index (χ1n) is 8.23. The minimum atomic E-state index is -0.577. The van der Waals surface area contributed by atoms with Crippen LogP contribution >= 0.6 is 11.6 Å². The van der Waals surface area contributed by atoms with Gasteiger partial charge in [-0.2, -0.15) is 0 Å². The van der Waals surface area contributed by atoms with E-state index in [0.717, 1.165) is 16.7 Å². The molecular weight excluding hydrogens is 437 g/mol. The van der Waals surface area contributed by atoms with Gasteiger partial charge < -0.3 is 14.3 Å². The van der Waals surface area contributed by atoms with Crippen molar-refractivity contribution in [3.8, 4) is 11.5 Å². The van der Waals surface area contributed by atoms with Crippen LogP contribution in [0.25, 0.3) is 0 Å². The van der Waals surface area contributed by atoms with Gasteiger partial charge in [-0.1, -0.05) is 84.8 Å². The van der Waals surface area contributed by atoms with Gasteiger partial charge in [0.1, 0.15) is 13.2 Å². The molecule has 27 heavy (non-hydrogen) atoms. The van der Waals surface area contributed by atoms with E-state index in [4.69, 9.17) is 21.1 Å². The molecule has 0 bridgehead atoms. The van der Waals surface area contributed by atoms with Crippen LogP contribution in [0, 0.1) is 13.0 Å². The van der Waals surface area contributed by atoms with Crippen molar-refractivity contribution in [3.63, 3.8) is 0 Å². The van der Waals surface area contributed by atoms with E-state index in [1.54, 1.807) is 6.07 Å². The zero-order chi connectivity index (χ0) is 18.4. The fourth-order valence-electron chi connectivity index (χ4n) is 2.52. The van der Waals surface area contributed by atoms with Crippen molar-refractivity contribution >= 4 is 16.8 Å². The standard InChI is InChI=1S/C22H18ClO3.Y/c1-16-12-19(22(23)24)13-20(25-14-17-8-4-2-5-9-17)21(16)26-15-18-10-6-3-7-11-18;/h2-12H,14-15H2,1H3;/q-1;. The van der Waals surface area contributed by atoms with Gasteiger partial charge in [0.2, 0.25) is 0 Å². The largest absolute Gasteiger partial charge is 0.528 e. The number of rotatable bonds is 7. The molecule has 3 aromatic carbocycles. The molecule has 0 saturated carbocycles. The van der Waals surface area contributed by atoms with Crippen molar-refractivity contribution in [3.05, 3.63) is 95.1 Å². The number of hydrogen-bond donors (Lipinski definition) is 0. The molecule has 3 rings (SSSR count). The fraction of sp³-hybridized carbons (Fsp3) is 0.136. The Hall–Kier alpha value is -1.68. The number of hydrogen-bond acceptors (Lipinski definition) is 3. The normalized spacial score (nSPS) is 10.0. The first kappa shape index (κ1) is 21.6. The second kappa shape index (κ2) is 10.6. The number of ether oxygens (including phenoxy) is 2. The van der Waals surface area contributed by atoms with Crippen LogP contribution in [0.5, 0.6) is 11.5 Å². The molecule has 0 aromatic heterocycles. The van der Waals surface area contributed by atoms with E-state index in [9.17, 15) is 4.79 Å². The molecule has 0 fully saturated rings. The summed E-state index contributed by atoms with van der Waals surface area (Å²) in [6.45, 7) is 2.59. The summed E-state index contributed by atoms with van der Waals surface area (Å²) in [5.41, 5.74) is 3.08. The molecular formula is C22H18ClO3Y-. The maximum Gasteiger partial charge on any atom is 0.166 e. The van der Waals surface area contributed by atoms with Gasteiger partial charge in [0, 0.05) is 32.7 Å². The second-order valence-electron chi connectivity index (χ2n) is 5.85. The Morgan fingerprint density at radius 3 is 1.96 bits per heavy atom. The number of carbonyl (C=O) groups excluding carboxylic acids is 1. The molecule has 0 amide bonds. The molecule has 5 heteroatoms. The zero-order valence-electron chi connectivity index (χ0n) is 14.9. The topological polar surface area (TPSA) is 35.5 Å². The summed E-state index contributed by atoms with van der Waals surface area (Å²) in [5, 5.41) is -0.577. The fourth-order valence-corrected chi connectivity index (χ4v) is 2.62. The van der Waals surface area contributed by atoms with Gasteiger partial charge in [-0.3, -0.25) is 0 Å². The van der Waals surface area contributed by atoms with Crippen LogP contribution in [0.3, 0.4) is 0 Å². The van der Waals surface area contributed by atoms with E-state index in [1.165, 1.54) is 0 Å². The Morgan fingerprint density at radius 1 is 0.926 bits per heavy atom. The van der Waals surface area contributed by atoms with E-state index >= 15 is 0 Å². The van der Waals surface area contributed by atoms with Crippen LogP contribution in [0.1, 0.15) is 27.0 Å². The molecule has 0 spiro atoms. The van der Waals surface area contributed by atoms with E-state index < -0.39 is 5.24 Å². The molecule has 135 valence electrons. The van der Waals surface area contributed by atoms with Gasteiger partial charge >= 0.3 is 0 Å². The van der Waals surface area contributed by atoms with Crippen molar-refractivity contribution in [1.82, 2.24) is 0 Å². The van der Waals surface area contributed by atoms with Crippen LogP contribution < -0.4 is 9.47 Å². The summed E-state index contributed by atoms with van der Waals surface area (Å²) < 4.78 is 11.9. The Kier molecular flexibility index (Phi) is 8.49. The number of benzene rings is 3. The van der Waals surface area contributed by atoms with Crippen LogP contribution in [0.4, 0.5) is 0 Å². The molecule has 3 aromatic rings. The zero-order valence-corrected chi connectivity index (χ0v) is 18.5. The van der Waals surface area contributed by atoms with Gasteiger partial charge in [0.15, 0.2) is 5.24 Å². The summed E-state index contributed by atoms with van der Waals surface area (Å²) in [6, 6.07) is 24.2. The van der Waals surface area contributed by atoms with Crippen LogP contribution in [-0.4, -0.2) is 5.24 Å². The van der Waals surface area contributed by atoms with Crippen molar-refractivity contribution in [2.45, 2.75) is 20.1 Å². The maximum absolute atomic E-state index is 11.6. The second-order valence-corrected chi connectivity index (χ2v) is 6.19. The SMILES string of the molecule is Cc1cc(C(=O)Cl)[c-]c(OCc2ccccc2)c1OCc1ccccc1.[Y]. The summed E-state index contributed by atoms with van der Waals surface area (Å²) in [6.07, 6.45) is 0. The van der Waals surface area contributed by atoms with Gasteiger partial charge in [-0.25, -0.2) is 0 Å². The molecule has 3 nitrogen and oxygen atoms in total. The third-order valence-corrected chi connectivity index (χ3v) is 4.04. The van der Waals surface area contributed by atoms with Gasteiger partial charge in [0.05, 0.1) is 11.5 Å². The van der Waals surface area contributed by atoms with Crippen molar-refractivity contribution in [2.24, 2.45) is 0 Å². The van der Waals surface area contributed by atoms with E-state index in [-0.39, 0.29) is 38.3 Å². The first-order valence-corrected chi connectivity index (χ1v) is 8.61. The predicted molar refractivity (Wildman–Crippen MR) is 102 cm³/mol.